The average Bonchev–Trinajstić information content (AvgIpc) is 3.14. The predicted molar refractivity (Wildman–Crippen MR) is 199 cm³/mol. The number of carbonyl (C=O) groups excluding carboxylic acids is 6. The second-order valence-corrected chi connectivity index (χ2v) is 13.1. The molecule has 5 amide bonds. The van der Waals surface area contributed by atoms with E-state index < -0.39 is 77.9 Å². The van der Waals surface area contributed by atoms with Gasteiger partial charge >= 0.3 is 6.18 Å². The molecular formula is C37H53F3N8O7. The SMILES string of the molecule is CCCCc1ccc(-c2ccc(C(=O)NC(CCN)C(=O)NC(C(=O)NC(C)C(=O)NC(CCCCN)C(=O)NC(N)C(=O)C(F)(F)F)C(C)O)cc2)cc1. The summed E-state index contributed by atoms with van der Waals surface area (Å²) in [4.78, 5) is 76.8. The second-order valence-electron chi connectivity index (χ2n) is 13.1. The van der Waals surface area contributed by atoms with E-state index in [1.54, 1.807) is 29.6 Å². The summed E-state index contributed by atoms with van der Waals surface area (Å²) in [6.45, 7) is 4.74. The molecule has 0 radical (unpaired) electrons. The van der Waals surface area contributed by atoms with E-state index in [1.165, 1.54) is 19.4 Å². The standard InChI is InChI=1S/C37H53F3N8O7/c1-4-5-8-23-10-12-24(13-11-23)25-14-16-26(17-15-25)33(52)46-28(18-20-42)34(53)47-29(22(3)49)36(55)44-21(2)32(51)45-27(9-6-7-19-41)35(54)48-31(43)30(50)37(38,39)40/h10-17,21-22,27-29,31,49H,4-9,18-20,41-43H2,1-3H3,(H,44,55)(H,45,51)(H,46,52)(H,47,53)(H,48,54). The summed E-state index contributed by atoms with van der Waals surface area (Å²) >= 11 is 0. The van der Waals surface area contributed by atoms with Gasteiger partial charge in [0.25, 0.3) is 11.7 Å². The van der Waals surface area contributed by atoms with Crippen molar-refractivity contribution >= 4 is 35.3 Å². The van der Waals surface area contributed by atoms with E-state index in [0.717, 1.165) is 30.4 Å². The fourth-order valence-corrected chi connectivity index (χ4v) is 5.32. The van der Waals surface area contributed by atoms with Gasteiger partial charge in [0, 0.05) is 5.56 Å². The van der Waals surface area contributed by atoms with E-state index in [1.807, 2.05) is 12.1 Å². The van der Waals surface area contributed by atoms with Crippen molar-refractivity contribution in [2.24, 2.45) is 17.2 Å². The van der Waals surface area contributed by atoms with Crippen molar-refractivity contribution in [2.45, 2.75) is 108 Å². The molecule has 0 spiro atoms. The second kappa shape index (κ2) is 22.5. The largest absolute Gasteiger partial charge is 0.453 e. The summed E-state index contributed by atoms with van der Waals surface area (Å²) in [5, 5.41) is 21.7. The van der Waals surface area contributed by atoms with Crippen LogP contribution in [0.4, 0.5) is 13.2 Å². The molecule has 0 saturated carbocycles. The van der Waals surface area contributed by atoms with Crippen molar-refractivity contribution < 1.29 is 47.0 Å². The lowest BCUT2D eigenvalue weighted by molar-refractivity contribution is -0.173. The molecule has 0 bridgehead atoms. The molecule has 18 heteroatoms. The van der Waals surface area contributed by atoms with E-state index in [2.05, 4.69) is 40.3 Å². The molecule has 0 fully saturated rings. The van der Waals surface area contributed by atoms with Crippen LogP contribution in [0.3, 0.4) is 0 Å². The van der Waals surface area contributed by atoms with Gasteiger partial charge in [-0.2, -0.15) is 13.2 Å². The number of hydrogen-bond donors (Lipinski definition) is 9. The van der Waals surface area contributed by atoms with Gasteiger partial charge in [-0.3, -0.25) is 28.8 Å². The molecule has 0 saturated heterocycles. The Hall–Kier alpha value is -4.91. The fourth-order valence-electron chi connectivity index (χ4n) is 5.32. The van der Waals surface area contributed by atoms with E-state index in [-0.39, 0.29) is 37.9 Å². The van der Waals surface area contributed by atoms with Gasteiger partial charge < -0.3 is 48.9 Å². The fraction of sp³-hybridized carbons (Fsp3) is 0.514. The molecule has 2 rings (SSSR count). The smallest absolute Gasteiger partial charge is 0.391 e. The van der Waals surface area contributed by atoms with Gasteiger partial charge in [-0.05, 0) is 94.3 Å². The summed E-state index contributed by atoms with van der Waals surface area (Å²) < 4.78 is 38.3. The maximum absolute atomic E-state index is 13.3. The highest BCUT2D eigenvalue weighted by Gasteiger charge is 2.43. The Kier molecular flexibility index (Phi) is 18.9. The number of hydrogen-bond acceptors (Lipinski definition) is 10. The summed E-state index contributed by atoms with van der Waals surface area (Å²) in [7, 11) is 0. The Morgan fingerprint density at radius 1 is 0.691 bits per heavy atom. The summed E-state index contributed by atoms with van der Waals surface area (Å²) in [6, 6.07) is 9.21. The third-order valence-electron chi connectivity index (χ3n) is 8.58. The van der Waals surface area contributed by atoms with Crippen molar-refractivity contribution in [1.82, 2.24) is 26.6 Å². The number of carbonyl (C=O) groups is 6. The number of aliphatic hydroxyl groups is 1. The number of ketones is 1. The molecule has 0 aliphatic rings. The molecule has 304 valence electrons. The Morgan fingerprint density at radius 2 is 1.25 bits per heavy atom. The van der Waals surface area contributed by atoms with E-state index in [9.17, 15) is 47.0 Å². The van der Waals surface area contributed by atoms with Gasteiger partial charge in [0.1, 0.15) is 30.3 Å². The van der Waals surface area contributed by atoms with Crippen LogP contribution < -0.4 is 43.8 Å². The van der Waals surface area contributed by atoms with Crippen molar-refractivity contribution in [3.05, 3.63) is 59.7 Å². The Balaban J connectivity index is 2.08. The molecule has 15 nitrogen and oxygen atoms in total. The first kappa shape index (κ1) is 46.2. The molecule has 55 heavy (non-hydrogen) atoms. The number of aliphatic hydroxyl groups excluding tert-OH is 1. The van der Waals surface area contributed by atoms with Crippen LogP contribution in [0.25, 0.3) is 11.1 Å². The predicted octanol–water partition coefficient (Wildman–Crippen LogP) is 0.660. The third kappa shape index (κ3) is 15.0. The molecule has 6 unspecified atom stereocenters. The van der Waals surface area contributed by atoms with Gasteiger partial charge in [-0.25, -0.2) is 0 Å². The van der Waals surface area contributed by atoms with Crippen LogP contribution in [0.1, 0.15) is 75.2 Å². The number of aryl methyl sites for hydroxylation is 1. The molecule has 2 aromatic carbocycles. The van der Waals surface area contributed by atoms with Crippen LogP contribution in [0.15, 0.2) is 48.5 Å². The number of Topliss-reactive ketones (excluding diaryl/α,β-unsaturated/α-hetero) is 1. The van der Waals surface area contributed by atoms with Crippen molar-refractivity contribution in [3.8, 4) is 11.1 Å². The van der Waals surface area contributed by atoms with E-state index in [4.69, 9.17) is 17.2 Å². The lowest BCUT2D eigenvalue weighted by Crippen LogP contribution is -2.61. The summed E-state index contributed by atoms with van der Waals surface area (Å²) in [5.74, 6) is -7.00. The number of unbranched alkanes of at least 4 members (excludes halogenated alkanes) is 2. The number of amides is 5. The highest BCUT2D eigenvalue weighted by atomic mass is 19.4. The van der Waals surface area contributed by atoms with Crippen molar-refractivity contribution in [2.75, 3.05) is 13.1 Å². The first-order valence-electron chi connectivity index (χ1n) is 18.1. The topological polar surface area (TPSA) is 261 Å². The Morgan fingerprint density at radius 3 is 1.78 bits per heavy atom. The van der Waals surface area contributed by atoms with Gasteiger partial charge in [0.15, 0.2) is 0 Å². The van der Waals surface area contributed by atoms with Gasteiger partial charge in [0.2, 0.25) is 23.6 Å². The zero-order chi connectivity index (χ0) is 41.3. The van der Waals surface area contributed by atoms with Crippen LogP contribution in [0, 0.1) is 0 Å². The van der Waals surface area contributed by atoms with Gasteiger partial charge in [-0.15, -0.1) is 0 Å². The lowest BCUT2D eigenvalue weighted by Gasteiger charge is -2.26. The minimum absolute atomic E-state index is 0.0242. The normalized spacial score (nSPS) is 14.7. The molecule has 2 aromatic rings. The summed E-state index contributed by atoms with van der Waals surface area (Å²) in [6.07, 6.45) is -5.52. The first-order chi connectivity index (χ1) is 25.9. The van der Waals surface area contributed by atoms with Crippen LogP contribution in [-0.2, 0) is 30.4 Å². The van der Waals surface area contributed by atoms with Crippen molar-refractivity contribution in [3.63, 3.8) is 0 Å². The first-order valence-corrected chi connectivity index (χ1v) is 18.1. The number of halogens is 3. The van der Waals surface area contributed by atoms with Crippen LogP contribution in [0.2, 0.25) is 0 Å². The molecule has 12 N–H and O–H groups in total. The zero-order valence-electron chi connectivity index (χ0n) is 31.2. The molecule has 0 aliphatic heterocycles. The average molecular weight is 779 g/mol. The number of nitrogens with two attached hydrogens (primary N) is 3. The number of rotatable bonds is 22. The highest BCUT2D eigenvalue weighted by Crippen LogP contribution is 2.21. The summed E-state index contributed by atoms with van der Waals surface area (Å²) in [5.41, 5.74) is 19.7. The Bertz CT molecular complexity index is 1590. The van der Waals surface area contributed by atoms with E-state index in [0.29, 0.717) is 6.42 Å². The van der Waals surface area contributed by atoms with Crippen LogP contribution in [-0.4, -0.2) is 96.1 Å². The molecule has 0 aliphatic carbocycles. The maximum Gasteiger partial charge on any atom is 0.453 e. The minimum atomic E-state index is -5.32. The van der Waals surface area contributed by atoms with E-state index >= 15 is 0 Å². The number of nitrogens with one attached hydrogen (secondary N) is 5. The highest BCUT2D eigenvalue weighted by molar-refractivity contribution is 5.99. The minimum Gasteiger partial charge on any atom is -0.391 e. The monoisotopic (exact) mass is 778 g/mol. The third-order valence-corrected chi connectivity index (χ3v) is 8.58. The zero-order valence-corrected chi connectivity index (χ0v) is 31.2. The van der Waals surface area contributed by atoms with Crippen LogP contribution >= 0.6 is 0 Å². The number of benzene rings is 2. The maximum atomic E-state index is 13.3. The molecule has 6 atom stereocenters. The van der Waals surface area contributed by atoms with Gasteiger partial charge in [-0.1, -0.05) is 49.7 Å². The van der Waals surface area contributed by atoms with Crippen LogP contribution in [0.5, 0.6) is 0 Å². The quantitative estimate of drug-likeness (QED) is 0.0596. The van der Waals surface area contributed by atoms with Gasteiger partial charge in [0.05, 0.1) is 6.10 Å². The molecule has 0 heterocycles. The Labute approximate surface area is 318 Å². The van der Waals surface area contributed by atoms with Crippen molar-refractivity contribution in [1.29, 1.82) is 0 Å². The molecular weight excluding hydrogens is 725 g/mol. The lowest BCUT2D eigenvalue weighted by atomic mass is 10.0. The molecule has 0 aromatic heterocycles. The number of alkyl halides is 3.